The molecule has 2 heterocycles. The van der Waals surface area contributed by atoms with E-state index in [2.05, 4.69) is 215 Å². The van der Waals surface area contributed by atoms with Crippen molar-refractivity contribution in [3.05, 3.63) is 212 Å². The van der Waals surface area contributed by atoms with Crippen molar-refractivity contribution in [1.82, 2.24) is 9.13 Å². The minimum absolute atomic E-state index is 0.983. The molecule has 0 atom stereocenters. The molecule has 56 heavy (non-hydrogen) atoms. The highest BCUT2D eigenvalue weighted by Gasteiger charge is 2.17. The zero-order valence-corrected chi connectivity index (χ0v) is 30.9. The van der Waals surface area contributed by atoms with Crippen LogP contribution in [0.1, 0.15) is 18.4 Å². The smallest absolute Gasteiger partial charge is 0.0541 e. The van der Waals surface area contributed by atoms with Crippen LogP contribution in [0, 0.1) is 0 Å². The molecule has 11 rings (SSSR count). The first-order chi connectivity index (χ1) is 27.8. The first kappa shape index (κ1) is 32.3. The molecule has 0 radical (unpaired) electrons. The lowest BCUT2D eigenvalue weighted by atomic mass is 9.90. The van der Waals surface area contributed by atoms with Crippen LogP contribution in [-0.2, 0) is 0 Å². The van der Waals surface area contributed by atoms with Crippen molar-refractivity contribution >= 4 is 54.9 Å². The highest BCUT2D eigenvalue weighted by atomic mass is 15.0. The Labute approximate surface area is 326 Å². The molecule has 0 saturated heterocycles. The predicted octanol–water partition coefficient (Wildman–Crippen LogP) is 14.6. The van der Waals surface area contributed by atoms with E-state index in [-0.39, 0.29) is 0 Å². The van der Waals surface area contributed by atoms with E-state index in [1.54, 1.807) is 0 Å². The summed E-state index contributed by atoms with van der Waals surface area (Å²) in [6.07, 6.45) is 6.65. The van der Waals surface area contributed by atoms with Gasteiger partial charge in [0.05, 0.1) is 22.1 Å². The molecule has 0 saturated carbocycles. The van der Waals surface area contributed by atoms with Gasteiger partial charge in [0.2, 0.25) is 0 Å². The fourth-order valence-corrected chi connectivity index (χ4v) is 8.95. The van der Waals surface area contributed by atoms with Crippen molar-refractivity contribution < 1.29 is 0 Å². The SMILES string of the molecule is C1=C(c2cccc(-c3cc(-c4ccccc4)cc(-c4ccc(-n5c6ccccc6c6ccccc65)cc4)c3)c2)CCC(n2c3ccccc3c3ccccc32)=C1. The van der Waals surface area contributed by atoms with Gasteiger partial charge in [-0.25, -0.2) is 0 Å². The van der Waals surface area contributed by atoms with Gasteiger partial charge in [0.25, 0.3) is 0 Å². The van der Waals surface area contributed by atoms with Crippen LogP contribution in [0.5, 0.6) is 0 Å². The van der Waals surface area contributed by atoms with Gasteiger partial charge < -0.3 is 9.13 Å². The first-order valence-electron chi connectivity index (χ1n) is 19.6. The number of hydrogen-bond donors (Lipinski definition) is 0. The summed E-state index contributed by atoms with van der Waals surface area (Å²) in [5.74, 6) is 0. The van der Waals surface area contributed by atoms with E-state index in [1.807, 2.05) is 0 Å². The lowest BCUT2D eigenvalue weighted by Crippen LogP contribution is -2.01. The van der Waals surface area contributed by atoms with Gasteiger partial charge in [-0.2, -0.15) is 0 Å². The predicted molar refractivity (Wildman–Crippen MR) is 238 cm³/mol. The number of rotatable bonds is 6. The second-order valence-corrected chi connectivity index (χ2v) is 14.9. The number of benzene rings is 8. The lowest BCUT2D eigenvalue weighted by molar-refractivity contribution is 0.992. The zero-order chi connectivity index (χ0) is 37.0. The number of fused-ring (bicyclic) bond motifs is 6. The molecule has 1 aliphatic rings. The monoisotopic (exact) mass is 714 g/mol. The van der Waals surface area contributed by atoms with E-state index in [1.165, 1.54) is 93.8 Å². The Morgan fingerprint density at radius 1 is 0.286 bits per heavy atom. The minimum Gasteiger partial charge on any atom is -0.313 e. The van der Waals surface area contributed by atoms with E-state index in [4.69, 9.17) is 0 Å². The third-order valence-electron chi connectivity index (χ3n) is 11.6. The maximum atomic E-state index is 2.46. The maximum Gasteiger partial charge on any atom is 0.0541 e. The molecule has 8 aromatic carbocycles. The summed E-state index contributed by atoms with van der Waals surface area (Å²) in [7, 11) is 0. The Kier molecular flexibility index (Phi) is 7.67. The van der Waals surface area contributed by atoms with E-state index >= 15 is 0 Å². The molecular weight excluding hydrogens is 677 g/mol. The van der Waals surface area contributed by atoms with Crippen LogP contribution in [-0.4, -0.2) is 9.13 Å². The second-order valence-electron chi connectivity index (χ2n) is 14.9. The molecule has 264 valence electrons. The van der Waals surface area contributed by atoms with Crippen molar-refractivity contribution in [3.63, 3.8) is 0 Å². The Bertz CT molecular complexity index is 3060. The molecule has 0 spiro atoms. The van der Waals surface area contributed by atoms with Gasteiger partial charge >= 0.3 is 0 Å². The molecule has 10 aromatic rings. The Hall–Kier alpha value is -7.16. The summed E-state index contributed by atoms with van der Waals surface area (Å²) >= 11 is 0. The fourth-order valence-electron chi connectivity index (χ4n) is 8.95. The third kappa shape index (κ3) is 5.41. The average Bonchev–Trinajstić information content (AvgIpc) is 3.80. The van der Waals surface area contributed by atoms with Gasteiger partial charge in [0.1, 0.15) is 0 Å². The van der Waals surface area contributed by atoms with Gasteiger partial charge in [-0.05, 0) is 124 Å². The van der Waals surface area contributed by atoms with Crippen LogP contribution in [0.4, 0.5) is 0 Å². The largest absolute Gasteiger partial charge is 0.313 e. The topological polar surface area (TPSA) is 9.86 Å². The van der Waals surface area contributed by atoms with Crippen LogP contribution in [0.25, 0.3) is 93.9 Å². The average molecular weight is 715 g/mol. The van der Waals surface area contributed by atoms with Crippen LogP contribution < -0.4 is 0 Å². The summed E-state index contributed by atoms with van der Waals surface area (Å²) < 4.78 is 4.84. The maximum absolute atomic E-state index is 2.46. The highest BCUT2D eigenvalue weighted by Crippen LogP contribution is 2.39. The Balaban J connectivity index is 0.970. The van der Waals surface area contributed by atoms with Crippen molar-refractivity contribution in [2.45, 2.75) is 12.8 Å². The summed E-state index contributed by atoms with van der Waals surface area (Å²) in [5, 5.41) is 5.17. The Morgan fingerprint density at radius 3 is 1.25 bits per heavy atom. The first-order valence-corrected chi connectivity index (χ1v) is 19.6. The van der Waals surface area contributed by atoms with Gasteiger partial charge in [-0.1, -0.05) is 140 Å². The van der Waals surface area contributed by atoms with Crippen LogP contribution in [0.3, 0.4) is 0 Å². The molecular formula is C54H38N2. The molecule has 2 nitrogen and oxygen atoms in total. The number of nitrogens with zero attached hydrogens (tertiary/aromatic N) is 2. The van der Waals surface area contributed by atoms with Gasteiger partial charge in [-0.15, -0.1) is 0 Å². The molecule has 0 unspecified atom stereocenters. The molecule has 0 fully saturated rings. The molecule has 2 heteroatoms. The number of aromatic nitrogens is 2. The van der Waals surface area contributed by atoms with Crippen molar-refractivity contribution in [2.24, 2.45) is 0 Å². The van der Waals surface area contributed by atoms with Crippen molar-refractivity contribution in [1.29, 1.82) is 0 Å². The number of allylic oxidation sites excluding steroid dienone is 4. The summed E-state index contributed by atoms with van der Waals surface area (Å²) in [5.41, 5.74) is 17.4. The van der Waals surface area contributed by atoms with Crippen LogP contribution in [0.2, 0.25) is 0 Å². The van der Waals surface area contributed by atoms with Crippen LogP contribution >= 0.6 is 0 Å². The van der Waals surface area contributed by atoms with Gasteiger partial charge in [0.15, 0.2) is 0 Å². The molecule has 0 aliphatic heterocycles. The summed E-state index contributed by atoms with van der Waals surface area (Å²) in [4.78, 5) is 0. The van der Waals surface area contributed by atoms with E-state index in [0.29, 0.717) is 0 Å². The van der Waals surface area contributed by atoms with Gasteiger partial charge in [0, 0.05) is 32.9 Å². The fraction of sp³-hybridized carbons (Fsp3) is 0.0370. The summed E-state index contributed by atoms with van der Waals surface area (Å²) in [6.45, 7) is 0. The summed E-state index contributed by atoms with van der Waals surface area (Å²) in [6, 6.07) is 70.9. The lowest BCUT2D eigenvalue weighted by Gasteiger charge is -2.19. The Morgan fingerprint density at radius 2 is 0.714 bits per heavy atom. The second kappa shape index (κ2) is 13.3. The zero-order valence-electron chi connectivity index (χ0n) is 30.9. The molecule has 2 aromatic heterocycles. The molecule has 0 N–H and O–H groups in total. The molecule has 0 bridgehead atoms. The molecule has 1 aliphatic carbocycles. The normalized spacial score (nSPS) is 13.1. The van der Waals surface area contributed by atoms with Gasteiger partial charge in [-0.3, -0.25) is 0 Å². The third-order valence-corrected chi connectivity index (χ3v) is 11.6. The van der Waals surface area contributed by atoms with E-state index in [0.717, 1.165) is 18.5 Å². The highest BCUT2D eigenvalue weighted by molar-refractivity contribution is 6.10. The minimum atomic E-state index is 0.983. The number of para-hydroxylation sites is 4. The standard InChI is InChI=1S/C54H38N2/c1-2-13-37(14-3-1)42-34-43(39-27-31-46(32-28-39)56-53-23-10-6-19-49(53)50-20-7-11-24-54(50)56)36-44(35-42)41-16-12-15-40(33-41)38-25-29-45(30-26-38)55-51-21-8-4-17-47(51)48-18-5-9-22-52(48)55/h1-25,27-29,31-36H,26,30H2. The number of hydrogen-bond acceptors (Lipinski definition) is 0. The van der Waals surface area contributed by atoms with Crippen LogP contribution in [0.15, 0.2) is 206 Å². The van der Waals surface area contributed by atoms with E-state index in [9.17, 15) is 0 Å². The quantitative estimate of drug-likeness (QED) is 0.162. The van der Waals surface area contributed by atoms with Crippen molar-refractivity contribution in [2.75, 3.05) is 0 Å². The molecule has 0 amide bonds. The van der Waals surface area contributed by atoms with Crippen molar-refractivity contribution in [3.8, 4) is 39.1 Å². The van der Waals surface area contributed by atoms with E-state index < -0.39 is 0 Å².